The molecule has 0 aromatic carbocycles. The predicted octanol–water partition coefficient (Wildman–Crippen LogP) is 2.47. The second kappa shape index (κ2) is 4.39. The number of aliphatic imine (C=N–C) groups is 1. The van der Waals surface area contributed by atoms with Crippen LogP contribution in [0.3, 0.4) is 0 Å². The number of nitrogens with zero attached hydrogens (tertiary/aromatic N) is 1. The molecule has 0 aliphatic heterocycles. The fourth-order valence-electron chi connectivity index (χ4n) is 0.277. The van der Waals surface area contributed by atoms with Gasteiger partial charge in [-0.05, 0) is 6.92 Å². The molecule has 0 unspecified atom stereocenters. The topological polar surface area (TPSA) is 12.4 Å². The molecule has 0 N–H and O–H groups in total. The van der Waals surface area contributed by atoms with E-state index in [-0.39, 0.29) is 0 Å². The number of allylic oxidation sites excluding steroid dienone is 1. The van der Waals surface area contributed by atoms with E-state index < -0.39 is 0 Å². The van der Waals surface area contributed by atoms with Gasteiger partial charge >= 0.3 is 0 Å². The Kier molecular flexibility index (Phi) is 4.14. The highest BCUT2D eigenvalue weighted by Gasteiger charge is 1.89. The zero-order valence-corrected chi connectivity index (χ0v) is 6.66. The summed E-state index contributed by atoms with van der Waals surface area (Å²) in [7, 11) is 1.76. The Labute approximate surface area is 60.6 Å². The van der Waals surface area contributed by atoms with Crippen molar-refractivity contribution in [3.63, 3.8) is 0 Å². The first-order valence-corrected chi connectivity index (χ1v) is 3.45. The first-order chi connectivity index (χ1) is 4.20. The van der Waals surface area contributed by atoms with Crippen molar-refractivity contribution in [1.29, 1.82) is 0 Å². The Hall–Kier alpha value is -0.500. The third-order valence-corrected chi connectivity index (χ3v) is 1.73. The van der Waals surface area contributed by atoms with Gasteiger partial charge in [0.2, 0.25) is 0 Å². The lowest BCUT2D eigenvalue weighted by atomic mass is 10.6. The monoisotopic (exact) mass is 141 g/mol. The van der Waals surface area contributed by atoms with E-state index in [0.29, 0.717) is 0 Å². The lowest BCUT2D eigenvalue weighted by Crippen LogP contribution is -1.80. The molecule has 0 saturated carbocycles. The van der Waals surface area contributed by atoms with E-state index >= 15 is 0 Å². The SMILES string of the molecule is C=CC(=C)SC(C)=NC. The predicted molar refractivity (Wildman–Crippen MR) is 46.0 cm³/mol. The highest BCUT2D eigenvalue weighted by molar-refractivity contribution is 8.17. The molecule has 0 saturated heterocycles. The van der Waals surface area contributed by atoms with Gasteiger partial charge in [0, 0.05) is 12.0 Å². The molecule has 0 spiro atoms. The fraction of sp³-hybridized carbons (Fsp3) is 0.286. The van der Waals surface area contributed by atoms with E-state index in [4.69, 9.17) is 0 Å². The van der Waals surface area contributed by atoms with Gasteiger partial charge in [0.15, 0.2) is 0 Å². The van der Waals surface area contributed by atoms with Crippen molar-refractivity contribution in [2.24, 2.45) is 4.99 Å². The molecule has 0 radical (unpaired) electrons. The maximum Gasteiger partial charge on any atom is 0.0688 e. The minimum Gasteiger partial charge on any atom is -0.286 e. The summed E-state index contributed by atoms with van der Waals surface area (Å²) in [5, 5.41) is 1.01. The van der Waals surface area contributed by atoms with E-state index in [9.17, 15) is 0 Å². The van der Waals surface area contributed by atoms with Gasteiger partial charge in [0.05, 0.1) is 5.04 Å². The molecule has 0 heterocycles. The molecular formula is C7H11NS. The van der Waals surface area contributed by atoms with Crippen molar-refractivity contribution in [3.05, 3.63) is 24.1 Å². The maximum absolute atomic E-state index is 3.95. The molecule has 0 fully saturated rings. The van der Waals surface area contributed by atoms with E-state index in [1.807, 2.05) is 6.92 Å². The molecule has 50 valence electrons. The van der Waals surface area contributed by atoms with Crippen molar-refractivity contribution < 1.29 is 0 Å². The summed E-state index contributed by atoms with van der Waals surface area (Å²) in [5.74, 6) is 0. The van der Waals surface area contributed by atoms with Gasteiger partial charge in [0.25, 0.3) is 0 Å². The van der Waals surface area contributed by atoms with Gasteiger partial charge in [-0.2, -0.15) is 0 Å². The average Bonchev–Trinajstić information content (AvgIpc) is 1.87. The highest BCUT2D eigenvalue weighted by atomic mass is 32.2. The lowest BCUT2D eigenvalue weighted by Gasteiger charge is -1.95. The number of rotatable bonds is 2. The van der Waals surface area contributed by atoms with Crippen LogP contribution in [0.15, 0.2) is 29.1 Å². The summed E-state index contributed by atoms with van der Waals surface area (Å²) < 4.78 is 0. The molecular weight excluding hydrogens is 130 g/mol. The molecule has 9 heavy (non-hydrogen) atoms. The van der Waals surface area contributed by atoms with Crippen LogP contribution in [0.25, 0.3) is 0 Å². The van der Waals surface area contributed by atoms with Crippen molar-refractivity contribution in [2.75, 3.05) is 7.05 Å². The number of hydrogen-bond acceptors (Lipinski definition) is 2. The van der Waals surface area contributed by atoms with E-state index in [2.05, 4.69) is 18.2 Å². The number of hydrogen-bond donors (Lipinski definition) is 0. The molecule has 0 aliphatic rings. The van der Waals surface area contributed by atoms with Gasteiger partial charge < -0.3 is 0 Å². The summed E-state index contributed by atoms with van der Waals surface area (Å²) >= 11 is 1.54. The number of thioether (sulfide) groups is 1. The summed E-state index contributed by atoms with van der Waals surface area (Å²) in [6.07, 6.45) is 1.72. The largest absolute Gasteiger partial charge is 0.286 e. The first-order valence-electron chi connectivity index (χ1n) is 2.63. The van der Waals surface area contributed by atoms with Gasteiger partial charge in [-0.25, -0.2) is 0 Å². The molecule has 1 nitrogen and oxygen atoms in total. The van der Waals surface area contributed by atoms with Gasteiger partial charge in [-0.1, -0.05) is 31.0 Å². The smallest absolute Gasteiger partial charge is 0.0688 e. The van der Waals surface area contributed by atoms with E-state index in [1.54, 1.807) is 13.1 Å². The van der Waals surface area contributed by atoms with Gasteiger partial charge in [-0.3, -0.25) is 4.99 Å². The summed E-state index contributed by atoms with van der Waals surface area (Å²) in [6.45, 7) is 9.24. The van der Waals surface area contributed by atoms with Gasteiger partial charge in [-0.15, -0.1) is 0 Å². The molecule has 0 bridgehead atoms. The fourth-order valence-corrected chi connectivity index (χ4v) is 0.831. The van der Waals surface area contributed by atoms with E-state index in [0.717, 1.165) is 9.95 Å². The Morgan fingerprint density at radius 1 is 1.67 bits per heavy atom. The molecule has 2 heteroatoms. The highest BCUT2D eigenvalue weighted by Crippen LogP contribution is 2.14. The Bertz CT molecular complexity index is 147. The molecule has 0 rings (SSSR count). The van der Waals surface area contributed by atoms with Crippen LogP contribution in [0.4, 0.5) is 0 Å². The lowest BCUT2D eigenvalue weighted by molar-refractivity contribution is 1.45. The van der Waals surface area contributed by atoms with Crippen LogP contribution < -0.4 is 0 Å². The summed E-state index contributed by atoms with van der Waals surface area (Å²) in [4.78, 5) is 4.89. The third-order valence-electron chi connectivity index (χ3n) is 0.821. The van der Waals surface area contributed by atoms with Crippen LogP contribution in [0, 0.1) is 0 Å². The Morgan fingerprint density at radius 3 is 2.56 bits per heavy atom. The first kappa shape index (κ1) is 8.50. The van der Waals surface area contributed by atoms with Crippen molar-refractivity contribution >= 4 is 16.8 Å². The molecule has 0 atom stereocenters. The third kappa shape index (κ3) is 4.03. The molecule has 0 amide bonds. The summed E-state index contributed by atoms with van der Waals surface area (Å²) in [5.41, 5.74) is 0. The quantitative estimate of drug-likeness (QED) is 0.327. The summed E-state index contributed by atoms with van der Waals surface area (Å²) in [6, 6.07) is 0. The standard InChI is InChI=1S/C7H11NS/c1-5-6(2)9-7(3)8-4/h5H,1-2H2,3-4H3. The zero-order chi connectivity index (χ0) is 7.28. The minimum atomic E-state index is 0.943. The average molecular weight is 141 g/mol. The van der Waals surface area contributed by atoms with Crippen LogP contribution in [-0.2, 0) is 0 Å². The van der Waals surface area contributed by atoms with Crippen LogP contribution in [-0.4, -0.2) is 12.1 Å². The van der Waals surface area contributed by atoms with Crippen LogP contribution >= 0.6 is 11.8 Å². The van der Waals surface area contributed by atoms with Crippen LogP contribution in [0.2, 0.25) is 0 Å². The molecule has 0 aromatic rings. The van der Waals surface area contributed by atoms with E-state index in [1.165, 1.54) is 11.8 Å². The van der Waals surface area contributed by atoms with Crippen molar-refractivity contribution in [2.45, 2.75) is 6.92 Å². The van der Waals surface area contributed by atoms with Gasteiger partial charge in [0.1, 0.15) is 0 Å². The Morgan fingerprint density at radius 2 is 2.22 bits per heavy atom. The van der Waals surface area contributed by atoms with Crippen LogP contribution in [0.1, 0.15) is 6.92 Å². The van der Waals surface area contributed by atoms with Crippen molar-refractivity contribution in [1.82, 2.24) is 0 Å². The normalized spacial score (nSPS) is 11.1. The zero-order valence-electron chi connectivity index (χ0n) is 5.85. The second-order valence-electron chi connectivity index (χ2n) is 1.52. The maximum atomic E-state index is 3.95. The second-order valence-corrected chi connectivity index (χ2v) is 2.83. The minimum absolute atomic E-state index is 0.943. The van der Waals surface area contributed by atoms with Crippen LogP contribution in [0.5, 0.6) is 0 Å². The molecule has 0 aliphatic carbocycles. The van der Waals surface area contributed by atoms with Crippen molar-refractivity contribution in [3.8, 4) is 0 Å². The molecule has 0 aromatic heterocycles. The Balaban J connectivity index is 3.74.